The highest BCUT2D eigenvalue weighted by atomic mass is 32.1. The normalized spacial score (nSPS) is 11.4. The lowest BCUT2D eigenvalue weighted by Gasteiger charge is -1.96. The molecule has 3 rings (SSSR count). The summed E-state index contributed by atoms with van der Waals surface area (Å²) >= 11 is 1.79. The molecule has 86 valence electrons. The van der Waals surface area contributed by atoms with Gasteiger partial charge in [-0.2, -0.15) is 0 Å². The Morgan fingerprint density at radius 2 is 2.00 bits per heavy atom. The molecule has 17 heavy (non-hydrogen) atoms. The van der Waals surface area contributed by atoms with Crippen molar-refractivity contribution in [1.29, 1.82) is 0 Å². The fourth-order valence-electron chi connectivity index (χ4n) is 2.07. The van der Waals surface area contributed by atoms with Crippen LogP contribution in [0.5, 0.6) is 0 Å². The van der Waals surface area contributed by atoms with Crippen LogP contribution in [0.25, 0.3) is 21.0 Å². The Morgan fingerprint density at radius 3 is 2.88 bits per heavy atom. The van der Waals surface area contributed by atoms with E-state index in [2.05, 4.69) is 36.4 Å². The van der Waals surface area contributed by atoms with Crippen molar-refractivity contribution in [2.24, 2.45) is 5.73 Å². The molecule has 0 spiro atoms. The van der Waals surface area contributed by atoms with E-state index in [-0.39, 0.29) is 0 Å². The number of hydrogen-bond donors (Lipinski definition) is 1. The molecule has 0 radical (unpaired) electrons. The maximum absolute atomic E-state index is 5.54. The molecule has 1 aromatic heterocycles. The average Bonchev–Trinajstić information content (AvgIpc) is 2.79. The molecular weight excluding hydrogens is 228 g/mol. The molecule has 0 bridgehead atoms. The summed E-state index contributed by atoms with van der Waals surface area (Å²) in [6.45, 7) is 0.733. The maximum atomic E-state index is 5.54. The molecule has 0 fully saturated rings. The van der Waals surface area contributed by atoms with Gasteiger partial charge in [-0.1, -0.05) is 30.3 Å². The molecule has 1 heterocycles. The summed E-state index contributed by atoms with van der Waals surface area (Å²) in [5.41, 5.74) is 6.68. The summed E-state index contributed by atoms with van der Waals surface area (Å²) in [6, 6.07) is 12.7. The van der Waals surface area contributed by atoms with Crippen molar-refractivity contribution in [3.8, 4) is 0 Å². The Kier molecular flexibility index (Phi) is 2.79. The molecule has 2 aromatic carbocycles. The molecule has 0 atom stereocenters. The van der Waals surface area contributed by atoms with Crippen molar-refractivity contribution >= 4 is 32.3 Å². The smallest absolute Gasteiger partial charge is 0.0939 e. The number of thiazole rings is 1. The molecule has 2 N–H and O–H groups in total. The van der Waals surface area contributed by atoms with E-state index in [9.17, 15) is 0 Å². The van der Waals surface area contributed by atoms with Gasteiger partial charge < -0.3 is 5.73 Å². The number of nitrogens with two attached hydrogens (primary N) is 1. The van der Waals surface area contributed by atoms with E-state index in [1.165, 1.54) is 20.5 Å². The SMILES string of the molecule is NCCCc1nc2c(ccc3ccccc32)s1. The second kappa shape index (κ2) is 4.43. The molecule has 0 aliphatic heterocycles. The van der Waals surface area contributed by atoms with E-state index in [1.54, 1.807) is 11.3 Å². The lowest BCUT2D eigenvalue weighted by molar-refractivity contribution is 0.828. The topological polar surface area (TPSA) is 38.9 Å². The van der Waals surface area contributed by atoms with Crippen molar-refractivity contribution in [3.05, 3.63) is 41.4 Å². The van der Waals surface area contributed by atoms with Gasteiger partial charge in [0, 0.05) is 11.8 Å². The third kappa shape index (κ3) is 1.92. The molecule has 0 unspecified atom stereocenters. The summed E-state index contributed by atoms with van der Waals surface area (Å²) in [5, 5.41) is 3.71. The fourth-order valence-corrected chi connectivity index (χ4v) is 3.09. The van der Waals surface area contributed by atoms with Gasteiger partial charge in [0.2, 0.25) is 0 Å². The Labute approximate surface area is 104 Å². The van der Waals surface area contributed by atoms with Crippen LogP contribution in [0.2, 0.25) is 0 Å². The molecule has 0 amide bonds. The fraction of sp³-hybridized carbons (Fsp3) is 0.214. The van der Waals surface area contributed by atoms with E-state index in [4.69, 9.17) is 10.7 Å². The number of aryl methyl sites for hydroxylation is 1. The first-order valence-corrected chi connectivity index (χ1v) is 6.67. The molecule has 3 heteroatoms. The predicted molar refractivity (Wildman–Crippen MR) is 74.5 cm³/mol. The van der Waals surface area contributed by atoms with Gasteiger partial charge in [-0.25, -0.2) is 4.98 Å². The lowest BCUT2D eigenvalue weighted by atomic mass is 10.1. The van der Waals surface area contributed by atoms with Crippen LogP contribution in [0.4, 0.5) is 0 Å². The molecule has 3 aromatic rings. The Hall–Kier alpha value is -1.45. The first-order valence-electron chi connectivity index (χ1n) is 5.86. The molecule has 0 saturated heterocycles. The average molecular weight is 242 g/mol. The lowest BCUT2D eigenvalue weighted by Crippen LogP contribution is -1.99. The van der Waals surface area contributed by atoms with Gasteiger partial charge in [0.25, 0.3) is 0 Å². The second-order valence-electron chi connectivity index (χ2n) is 4.13. The summed E-state index contributed by atoms with van der Waals surface area (Å²) in [7, 11) is 0. The molecule has 2 nitrogen and oxygen atoms in total. The van der Waals surface area contributed by atoms with Gasteiger partial charge in [-0.3, -0.25) is 0 Å². The minimum absolute atomic E-state index is 0.733. The zero-order valence-corrected chi connectivity index (χ0v) is 10.3. The largest absolute Gasteiger partial charge is 0.330 e. The summed E-state index contributed by atoms with van der Waals surface area (Å²) in [4.78, 5) is 4.74. The maximum Gasteiger partial charge on any atom is 0.0939 e. The van der Waals surface area contributed by atoms with Gasteiger partial charge in [-0.15, -0.1) is 11.3 Å². The van der Waals surface area contributed by atoms with Crippen LogP contribution < -0.4 is 5.73 Å². The van der Waals surface area contributed by atoms with Crippen molar-refractivity contribution < 1.29 is 0 Å². The zero-order valence-electron chi connectivity index (χ0n) is 9.52. The summed E-state index contributed by atoms with van der Waals surface area (Å²) in [6.07, 6.45) is 2.00. The minimum atomic E-state index is 0.733. The molecular formula is C14H14N2S. The van der Waals surface area contributed by atoms with Gasteiger partial charge in [-0.05, 0) is 24.4 Å². The van der Waals surface area contributed by atoms with Crippen LogP contribution in [0.15, 0.2) is 36.4 Å². The second-order valence-corrected chi connectivity index (χ2v) is 5.25. The third-order valence-electron chi connectivity index (χ3n) is 2.92. The van der Waals surface area contributed by atoms with E-state index in [1.807, 2.05) is 0 Å². The van der Waals surface area contributed by atoms with Gasteiger partial charge in [0.15, 0.2) is 0 Å². The van der Waals surface area contributed by atoms with E-state index >= 15 is 0 Å². The number of benzene rings is 2. The highest BCUT2D eigenvalue weighted by Crippen LogP contribution is 2.29. The Morgan fingerprint density at radius 1 is 1.12 bits per heavy atom. The first kappa shape index (κ1) is 10.7. The van der Waals surface area contributed by atoms with Gasteiger partial charge in [0.05, 0.1) is 15.2 Å². The minimum Gasteiger partial charge on any atom is -0.330 e. The molecule has 0 saturated carbocycles. The summed E-state index contributed by atoms with van der Waals surface area (Å²) in [5.74, 6) is 0. The van der Waals surface area contributed by atoms with Crippen LogP contribution >= 0.6 is 11.3 Å². The first-order chi connectivity index (χ1) is 8.38. The quantitative estimate of drug-likeness (QED) is 0.765. The molecule has 0 aliphatic carbocycles. The molecule has 0 aliphatic rings. The van der Waals surface area contributed by atoms with Crippen LogP contribution in [0.1, 0.15) is 11.4 Å². The van der Waals surface area contributed by atoms with Crippen LogP contribution in [0.3, 0.4) is 0 Å². The number of aromatic nitrogens is 1. The zero-order chi connectivity index (χ0) is 11.7. The van der Waals surface area contributed by atoms with Crippen LogP contribution in [0, 0.1) is 0 Å². The van der Waals surface area contributed by atoms with E-state index < -0.39 is 0 Å². The Bertz CT molecular complexity index is 657. The van der Waals surface area contributed by atoms with E-state index in [0.717, 1.165) is 24.9 Å². The summed E-state index contributed by atoms with van der Waals surface area (Å²) < 4.78 is 1.27. The third-order valence-corrected chi connectivity index (χ3v) is 4.00. The standard InChI is InChI=1S/C14H14N2S/c15-9-3-6-13-16-14-11-5-2-1-4-10(11)7-8-12(14)17-13/h1-2,4-5,7-8H,3,6,9,15H2. The van der Waals surface area contributed by atoms with Crippen molar-refractivity contribution in [2.75, 3.05) is 6.54 Å². The Balaban J connectivity index is 2.17. The van der Waals surface area contributed by atoms with Gasteiger partial charge in [0.1, 0.15) is 0 Å². The van der Waals surface area contributed by atoms with Crippen molar-refractivity contribution in [3.63, 3.8) is 0 Å². The van der Waals surface area contributed by atoms with Crippen molar-refractivity contribution in [2.45, 2.75) is 12.8 Å². The van der Waals surface area contributed by atoms with Crippen LogP contribution in [-0.2, 0) is 6.42 Å². The predicted octanol–water partition coefficient (Wildman–Crippen LogP) is 3.34. The number of hydrogen-bond acceptors (Lipinski definition) is 3. The van der Waals surface area contributed by atoms with Crippen molar-refractivity contribution in [1.82, 2.24) is 4.98 Å². The number of rotatable bonds is 3. The van der Waals surface area contributed by atoms with Gasteiger partial charge >= 0.3 is 0 Å². The highest BCUT2D eigenvalue weighted by Gasteiger charge is 2.06. The number of fused-ring (bicyclic) bond motifs is 3. The highest BCUT2D eigenvalue weighted by molar-refractivity contribution is 7.18. The monoisotopic (exact) mass is 242 g/mol. The number of nitrogens with zero attached hydrogens (tertiary/aromatic N) is 1. The van der Waals surface area contributed by atoms with Crippen LogP contribution in [-0.4, -0.2) is 11.5 Å². The van der Waals surface area contributed by atoms with E-state index in [0.29, 0.717) is 0 Å².